The van der Waals surface area contributed by atoms with Crippen molar-refractivity contribution in [3.05, 3.63) is 94.9 Å². The summed E-state index contributed by atoms with van der Waals surface area (Å²) >= 11 is 1.34. The SMILES string of the molecule is C=CCN(CC=C)S(=O)(=O)c1ccc(C(=O)Nc2sc(Cc3ccc4c(c3)OCO4)c(C)c2C#N)cc1. The summed E-state index contributed by atoms with van der Waals surface area (Å²) in [5.41, 5.74) is 2.46. The van der Waals surface area contributed by atoms with E-state index in [4.69, 9.17) is 9.47 Å². The van der Waals surface area contributed by atoms with Gasteiger partial charge in [0.05, 0.1) is 10.5 Å². The molecule has 0 aliphatic carbocycles. The molecule has 2 heterocycles. The number of nitriles is 1. The van der Waals surface area contributed by atoms with E-state index in [-0.39, 0.29) is 30.3 Å². The van der Waals surface area contributed by atoms with Gasteiger partial charge in [0.15, 0.2) is 11.5 Å². The van der Waals surface area contributed by atoms with Crippen molar-refractivity contribution in [3.63, 3.8) is 0 Å². The highest BCUT2D eigenvalue weighted by molar-refractivity contribution is 7.89. The summed E-state index contributed by atoms with van der Waals surface area (Å²) in [6, 6.07) is 13.6. The van der Waals surface area contributed by atoms with E-state index in [1.54, 1.807) is 0 Å². The molecule has 2 aromatic carbocycles. The molecule has 1 amide bonds. The van der Waals surface area contributed by atoms with Crippen LogP contribution in [-0.4, -0.2) is 38.5 Å². The van der Waals surface area contributed by atoms with Crippen LogP contribution in [-0.2, 0) is 16.4 Å². The molecule has 1 aliphatic rings. The first kappa shape index (κ1) is 26.2. The Bertz CT molecular complexity index is 1490. The first-order chi connectivity index (χ1) is 17.8. The summed E-state index contributed by atoms with van der Waals surface area (Å²) in [7, 11) is -3.77. The average Bonchev–Trinajstić information content (AvgIpc) is 3.47. The molecule has 3 aromatic rings. The van der Waals surface area contributed by atoms with Crippen LogP contribution < -0.4 is 14.8 Å². The number of carbonyl (C=O) groups is 1. The smallest absolute Gasteiger partial charge is 0.256 e. The molecule has 0 bridgehead atoms. The zero-order chi connectivity index (χ0) is 26.6. The third-order valence-corrected chi connectivity index (χ3v) is 8.86. The van der Waals surface area contributed by atoms with Gasteiger partial charge in [-0.2, -0.15) is 9.57 Å². The average molecular weight is 536 g/mol. The van der Waals surface area contributed by atoms with E-state index >= 15 is 0 Å². The number of rotatable bonds is 10. The second kappa shape index (κ2) is 11.0. The lowest BCUT2D eigenvalue weighted by Gasteiger charge is -2.19. The predicted octanol–water partition coefficient (Wildman–Crippen LogP) is 4.86. The Morgan fingerprint density at radius 1 is 1.14 bits per heavy atom. The highest BCUT2D eigenvalue weighted by Gasteiger charge is 2.23. The summed E-state index contributed by atoms with van der Waals surface area (Å²) in [5.74, 6) is 0.943. The van der Waals surface area contributed by atoms with Gasteiger partial charge < -0.3 is 14.8 Å². The minimum Gasteiger partial charge on any atom is -0.454 e. The van der Waals surface area contributed by atoms with Crippen LogP contribution in [0, 0.1) is 18.3 Å². The highest BCUT2D eigenvalue weighted by Crippen LogP contribution is 2.37. The van der Waals surface area contributed by atoms with Crippen molar-refractivity contribution < 1.29 is 22.7 Å². The van der Waals surface area contributed by atoms with Crippen LogP contribution in [0.3, 0.4) is 0 Å². The summed E-state index contributed by atoms with van der Waals surface area (Å²) in [6.07, 6.45) is 3.56. The lowest BCUT2D eigenvalue weighted by Crippen LogP contribution is -2.31. The fraction of sp³-hybridized carbons (Fsp3) is 0.185. The van der Waals surface area contributed by atoms with E-state index < -0.39 is 15.9 Å². The number of benzene rings is 2. The number of sulfonamides is 1. The highest BCUT2D eigenvalue weighted by atomic mass is 32.2. The second-order valence-corrected chi connectivity index (χ2v) is 11.3. The maximum atomic E-state index is 13.0. The number of anilines is 1. The molecule has 0 atom stereocenters. The monoisotopic (exact) mass is 535 g/mol. The number of carbonyl (C=O) groups excluding carboxylic acids is 1. The van der Waals surface area contributed by atoms with Crippen molar-refractivity contribution in [3.8, 4) is 17.6 Å². The first-order valence-electron chi connectivity index (χ1n) is 11.3. The molecule has 4 rings (SSSR count). The van der Waals surface area contributed by atoms with Crippen LogP contribution in [0.1, 0.15) is 31.9 Å². The standard InChI is InChI=1S/C27H25N3O5S2/c1-4-12-30(13-5-2)37(32,33)21-9-7-20(8-10-21)26(31)29-27-22(16-28)18(3)25(36-27)15-19-6-11-23-24(14-19)35-17-34-23/h4-11,14H,1-2,12-13,15,17H2,3H3,(H,29,31). The van der Waals surface area contributed by atoms with Crippen molar-refractivity contribution in [2.75, 3.05) is 25.2 Å². The molecule has 0 saturated carbocycles. The molecule has 0 spiro atoms. The van der Waals surface area contributed by atoms with Crippen molar-refractivity contribution in [1.82, 2.24) is 4.31 Å². The summed E-state index contributed by atoms with van der Waals surface area (Å²) in [4.78, 5) is 14.0. The van der Waals surface area contributed by atoms with Gasteiger partial charge in [-0.05, 0) is 54.4 Å². The number of amides is 1. The van der Waals surface area contributed by atoms with Gasteiger partial charge in [0.1, 0.15) is 11.1 Å². The molecule has 190 valence electrons. The molecule has 10 heteroatoms. The molecular formula is C27H25N3O5S2. The number of hydrogen-bond donors (Lipinski definition) is 1. The molecule has 1 N–H and O–H groups in total. The van der Waals surface area contributed by atoms with Gasteiger partial charge in [-0.15, -0.1) is 24.5 Å². The van der Waals surface area contributed by atoms with E-state index in [1.165, 1.54) is 52.1 Å². The number of fused-ring (bicyclic) bond motifs is 1. The molecule has 1 aliphatic heterocycles. The van der Waals surface area contributed by atoms with Crippen molar-refractivity contribution in [2.45, 2.75) is 18.2 Å². The summed E-state index contributed by atoms with van der Waals surface area (Å²) in [6.45, 7) is 9.52. The maximum absolute atomic E-state index is 13.0. The van der Waals surface area contributed by atoms with Gasteiger partial charge in [-0.25, -0.2) is 8.42 Å². The Morgan fingerprint density at radius 3 is 2.46 bits per heavy atom. The van der Waals surface area contributed by atoms with Gasteiger partial charge in [0.2, 0.25) is 16.8 Å². The molecule has 0 saturated heterocycles. The van der Waals surface area contributed by atoms with Gasteiger partial charge in [-0.3, -0.25) is 4.79 Å². The van der Waals surface area contributed by atoms with Gasteiger partial charge in [-0.1, -0.05) is 18.2 Å². The van der Waals surface area contributed by atoms with Crippen LogP contribution in [0.2, 0.25) is 0 Å². The van der Waals surface area contributed by atoms with Crippen LogP contribution >= 0.6 is 11.3 Å². The van der Waals surface area contributed by atoms with Gasteiger partial charge in [0.25, 0.3) is 5.91 Å². The molecular weight excluding hydrogens is 510 g/mol. The minimum absolute atomic E-state index is 0.0587. The van der Waals surface area contributed by atoms with Crippen molar-refractivity contribution in [2.24, 2.45) is 0 Å². The molecule has 1 aromatic heterocycles. The third-order valence-electron chi connectivity index (χ3n) is 5.81. The lowest BCUT2D eigenvalue weighted by molar-refractivity contribution is 0.102. The second-order valence-electron chi connectivity index (χ2n) is 8.21. The fourth-order valence-electron chi connectivity index (χ4n) is 3.85. The molecule has 0 radical (unpaired) electrons. The normalized spacial score (nSPS) is 12.2. The van der Waals surface area contributed by atoms with E-state index in [1.807, 2.05) is 25.1 Å². The Kier molecular flexibility index (Phi) is 7.78. The largest absolute Gasteiger partial charge is 0.454 e. The summed E-state index contributed by atoms with van der Waals surface area (Å²) in [5, 5.41) is 13.0. The molecule has 8 nitrogen and oxygen atoms in total. The number of nitrogens with one attached hydrogen (secondary N) is 1. The quantitative estimate of drug-likeness (QED) is 0.371. The minimum atomic E-state index is -3.77. The van der Waals surface area contributed by atoms with E-state index in [0.717, 1.165) is 16.0 Å². The zero-order valence-corrected chi connectivity index (χ0v) is 21.8. The van der Waals surface area contributed by atoms with E-state index in [0.29, 0.717) is 28.5 Å². The number of ether oxygens (including phenoxy) is 2. The Balaban J connectivity index is 1.52. The molecule has 0 unspecified atom stereocenters. The van der Waals surface area contributed by atoms with Gasteiger partial charge in [0, 0.05) is 30.0 Å². The van der Waals surface area contributed by atoms with Crippen LogP contribution in [0.25, 0.3) is 0 Å². The number of hydrogen-bond acceptors (Lipinski definition) is 7. The van der Waals surface area contributed by atoms with Crippen LogP contribution in [0.15, 0.2) is 72.7 Å². The number of nitrogens with zero attached hydrogens (tertiary/aromatic N) is 2. The van der Waals surface area contributed by atoms with Crippen molar-refractivity contribution in [1.29, 1.82) is 5.26 Å². The van der Waals surface area contributed by atoms with Crippen LogP contribution in [0.4, 0.5) is 5.00 Å². The lowest BCUT2D eigenvalue weighted by atomic mass is 10.1. The molecule has 37 heavy (non-hydrogen) atoms. The van der Waals surface area contributed by atoms with Crippen LogP contribution in [0.5, 0.6) is 11.5 Å². The topological polar surface area (TPSA) is 109 Å². The van der Waals surface area contributed by atoms with E-state index in [2.05, 4.69) is 24.5 Å². The number of thiophene rings is 1. The fourth-order valence-corrected chi connectivity index (χ4v) is 6.42. The van der Waals surface area contributed by atoms with Gasteiger partial charge >= 0.3 is 0 Å². The predicted molar refractivity (Wildman–Crippen MR) is 143 cm³/mol. The Labute approximate surface area is 220 Å². The molecule has 0 fully saturated rings. The van der Waals surface area contributed by atoms with Crippen molar-refractivity contribution >= 4 is 32.3 Å². The first-order valence-corrected chi connectivity index (χ1v) is 13.6. The van der Waals surface area contributed by atoms with E-state index in [9.17, 15) is 18.5 Å². The Hall–Kier alpha value is -3.91. The third kappa shape index (κ3) is 5.44. The summed E-state index contributed by atoms with van der Waals surface area (Å²) < 4.78 is 37.8. The zero-order valence-electron chi connectivity index (χ0n) is 20.2. The maximum Gasteiger partial charge on any atom is 0.256 e. The Morgan fingerprint density at radius 2 is 1.81 bits per heavy atom.